The van der Waals surface area contributed by atoms with Crippen molar-refractivity contribution in [2.45, 2.75) is 19.6 Å². The third kappa shape index (κ3) is 2.34. The van der Waals surface area contributed by atoms with Crippen molar-refractivity contribution in [3.05, 3.63) is 58.7 Å². The summed E-state index contributed by atoms with van der Waals surface area (Å²) in [4.78, 5) is 23.6. The van der Waals surface area contributed by atoms with E-state index in [0.717, 1.165) is 0 Å². The molecule has 1 aromatic rings. The number of carbonyl (C=O) groups excluding carboxylic acids is 2. The number of hydrogen-bond acceptors (Lipinski definition) is 3. The Morgan fingerprint density at radius 2 is 2.05 bits per heavy atom. The van der Waals surface area contributed by atoms with Crippen LogP contribution in [0.2, 0.25) is 0 Å². The number of alkyl halides is 1. The highest BCUT2D eigenvalue weighted by Gasteiger charge is 2.38. The highest BCUT2D eigenvalue weighted by Crippen LogP contribution is 2.30. The quantitative estimate of drug-likeness (QED) is 0.523. The van der Waals surface area contributed by atoms with Crippen LogP contribution in [-0.4, -0.2) is 17.9 Å². The molecular formula is C16H16FNO2. The average Bonchev–Trinajstić information content (AvgIpc) is 2.38. The predicted octanol–water partition coefficient (Wildman–Crippen LogP) is 2.67. The predicted molar refractivity (Wildman–Crippen MR) is 75.4 cm³/mol. The first-order valence-electron chi connectivity index (χ1n) is 6.32. The summed E-state index contributed by atoms with van der Waals surface area (Å²) in [6, 6.07) is 3.33. The van der Waals surface area contributed by atoms with Gasteiger partial charge in [0.25, 0.3) is 0 Å². The van der Waals surface area contributed by atoms with Gasteiger partial charge < -0.3 is 0 Å². The number of benzene rings is 1. The van der Waals surface area contributed by atoms with E-state index in [4.69, 9.17) is 5.73 Å². The summed E-state index contributed by atoms with van der Waals surface area (Å²) in [5, 5.41) is 0. The first kappa shape index (κ1) is 14.3. The summed E-state index contributed by atoms with van der Waals surface area (Å²) >= 11 is 0. The second kappa shape index (κ2) is 5.13. The largest absolute Gasteiger partial charge is 0.298 e. The van der Waals surface area contributed by atoms with E-state index < -0.39 is 17.5 Å². The van der Waals surface area contributed by atoms with E-state index in [1.54, 1.807) is 32.1 Å². The van der Waals surface area contributed by atoms with Crippen molar-refractivity contribution < 1.29 is 14.0 Å². The standard InChI is InChI=1S/C16H16FNO2/c1-10-6-7-12(9-19)11(2)14(10)15(20)13-5-3-4-8-16(13,17)18/h3-9,13H,18H2,1-2H3. The molecule has 1 aliphatic rings. The van der Waals surface area contributed by atoms with Crippen LogP contribution in [0.5, 0.6) is 0 Å². The van der Waals surface area contributed by atoms with Gasteiger partial charge in [0, 0.05) is 11.1 Å². The minimum absolute atomic E-state index is 0.368. The zero-order valence-electron chi connectivity index (χ0n) is 11.4. The molecule has 0 aromatic heterocycles. The molecule has 0 heterocycles. The molecule has 0 saturated carbocycles. The van der Waals surface area contributed by atoms with Gasteiger partial charge in [-0.1, -0.05) is 30.4 Å². The van der Waals surface area contributed by atoms with Gasteiger partial charge in [-0.15, -0.1) is 0 Å². The second-order valence-electron chi connectivity index (χ2n) is 5.00. The lowest BCUT2D eigenvalue weighted by molar-refractivity contribution is 0.0807. The van der Waals surface area contributed by atoms with E-state index in [1.165, 1.54) is 18.2 Å². The van der Waals surface area contributed by atoms with Crippen LogP contribution in [0.4, 0.5) is 4.39 Å². The number of carbonyl (C=O) groups is 2. The van der Waals surface area contributed by atoms with Gasteiger partial charge in [0.2, 0.25) is 0 Å². The SMILES string of the molecule is Cc1ccc(C=O)c(C)c1C(=O)C1C=CC=CC1(N)F. The molecule has 3 nitrogen and oxygen atoms in total. The molecule has 0 fully saturated rings. The summed E-state index contributed by atoms with van der Waals surface area (Å²) in [7, 11) is 0. The molecule has 0 bridgehead atoms. The summed E-state index contributed by atoms with van der Waals surface area (Å²) in [6.07, 6.45) is 6.39. The fourth-order valence-electron chi connectivity index (χ4n) is 2.44. The third-order valence-electron chi connectivity index (χ3n) is 3.61. The minimum Gasteiger partial charge on any atom is -0.298 e. The Balaban J connectivity index is 2.52. The van der Waals surface area contributed by atoms with E-state index in [9.17, 15) is 14.0 Å². The van der Waals surface area contributed by atoms with Gasteiger partial charge in [-0.2, -0.15) is 0 Å². The Morgan fingerprint density at radius 3 is 2.65 bits per heavy atom. The smallest absolute Gasteiger partial charge is 0.191 e. The van der Waals surface area contributed by atoms with Crippen molar-refractivity contribution in [2.75, 3.05) is 0 Å². The molecule has 104 valence electrons. The zero-order chi connectivity index (χ0) is 14.9. The van der Waals surface area contributed by atoms with Crippen molar-refractivity contribution in [3.63, 3.8) is 0 Å². The number of halogens is 1. The maximum atomic E-state index is 14.3. The van der Waals surface area contributed by atoms with Crippen LogP contribution in [0.1, 0.15) is 31.8 Å². The van der Waals surface area contributed by atoms with Crippen molar-refractivity contribution in [2.24, 2.45) is 11.7 Å². The lowest BCUT2D eigenvalue weighted by atomic mass is 9.82. The van der Waals surface area contributed by atoms with Crippen molar-refractivity contribution >= 4 is 12.1 Å². The van der Waals surface area contributed by atoms with E-state index in [-0.39, 0.29) is 0 Å². The normalized spacial score (nSPS) is 24.7. The number of aldehydes is 1. The lowest BCUT2D eigenvalue weighted by Crippen LogP contribution is -2.45. The summed E-state index contributed by atoms with van der Waals surface area (Å²) in [6.45, 7) is 3.44. The number of ketones is 1. The van der Waals surface area contributed by atoms with E-state index >= 15 is 0 Å². The number of allylic oxidation sites excluding steroid dienone is 2. The molecule has 0 amide bonds. The van der Waals surface area contributed by atoms with Gasteiger partial charge in [-0.25, -0.2) is 4.39 Å². The monoisotopic (exact) mass is 273 g/mol. The zero-order valence-corrected chi connectivity index (χ0v) is 11.4. The van der Waals surface area contributed by atoms with Gasteiger partial charge in [-0.05, 0) is 31.1 Å². The molecule has 2 N–H and O–H groups in total. The second-order valence-corrected chi connectivity index (χ2v) is 5.00. The van der Waals surface area contributed by atoms with Gasteiger partial charge in [0.1, 0.15) is 6.29 Å². The highest BCUT2D eigenvalue weighted by molar-refractivity contribution is 6.04. The third-order valence-corrected chi connectivity index (χ3v) is 3.61. The minimum atomic E-state index is -2.21. The van der Waals surface area contributed by atoms with Gasteiger partial charge in [-0.3, -0.25) is 15.3 Å². The molecule has 1 aliphatic carbocycles. The number of Topliss-reactive ketones (excluding diaryl/α,β-unsaturated/α-hetero) is 1. The Bertz CT molecular complexity index is 630. The number of rotatable bonds is 3. The highest BCUT2D eigenvalue weighted by atomic mass is 19.1. The molecule has 4 heteroatoms. The first-order valence-corrected chi connectivity index (χ1v) is 6.32. The van der Waals surface area contributed by atoms with Gasteiger partial charge >= 0.3 is 0 Å². The molecule has 2 unspecified atom stereocenters. The molecule has 2 atom stereocenters. The fraction of sp³-hybridized carbons (Fsp3) is 0.250. The van der Waals surface area contributed by atoms with Crippen molar-refractivity contribution in [1.82, 2.24) is 0 Å². The molecule has 1 aromatic carbocycles. The van der Waals surface area contributed by atoms with Crippen molar-refractivity contribution in [3.8, 4) is 0 Å². The topological polar surface area (TPSA) is 60.2 Å². The number of nitrogens with two attached hydrogens (primary N) is 1. The van der Waals surface area contributed by atoms with Crippen LogP contribution in [0.25, 0.3) is 0 Å². The summed E-state index contributed by atoms with van der Waals surface area (Å²) < 4.78 is 14.3. The molecule has 2 rings (SSSR count). The van der Waals surface area contributed by atoms with Gasteiger partial charge in [0.15, 0.2) is 11.6 Å². The maximum absolute atomic E-state index is 14.3. The molecule has 0 radical (unpaired) electrons. The lowest BCUT2D eigenvalue weighted by Gasteiger charge is -2.27. The molecule has 0 spiro atoms. The number of hydrogen-bond donors (Lipinski definition) is 1. The van der Waals surface area contributed by atoms with Crippen LogP contribution in [0.3, 0.4) is 0 Å². The Hall–Kier alpha value is -2.07. The van der Waals surface area contributed by atoms with Gasteiger partial charge in [0.05, 0.1) is 5.92 Å². The van der Waals surface area contributed by atoms with E-state index in [0.29, 0.717) is 28.5 Å². The van der Waals surface area contributed by atoms with E-state index in [2.05, 4.69) is 0 Å². The van der Waals surface area contributed by atoms with E-state index in [1.807, 2.05) is 0 Å². The van der Waals surface area contributed by atoms with Crippen LogP contribution in [-0.2, 0) is 0 Å². The number of aryl methyl sites for hydroxylation is 1. The molecular weight excluding hydrogens is 257 g/mol. The van der Waals surface area contributed by atoms with Crippen LogP contribution in [0.15, 0.2) is 36.4 Å². The maximum Gasteiger partial charge on any atom is 0.191 e. The Kier molecular flexibility index (Phi) is 3.68. The van der Waals surface area contributed by atoms with Crippen molar-refractivity contribution in [1.29, 1.82) is 0 Å². The first-order chi connectivity index (χ1) is 9.38. The average molecular weight is 273 g/mol. The van der Waals surface area contributed by atoms with Crippen LogP contribution < -0.4 is 5.73 Å². The summed E-state index contributed by atoms with van der Waals surface area (Å²) in [5.41, 5.74) is 7.59. The van der Waals surface area contributed by atoms with Crippen LogP contribution in [0, 0.1) is 19.8 Å². The van der Waals surface area contributed by atoms with Crippen LogP contribution >= 0.6 is 0 Å². The Morgan fingerprint density at radius 1 is 1.35 bits per heavy atom. The molecule has 0 saturated heterocycles. The molecule has 20 heavy (non-hydrogen) atoms. The summed E-state index contributed by atoms with van der Waals surface area (Å²) in [5.74, 6) is -3.69. The fourth-order valence-corrected chi connectivity index (χ4v) is 2.44. The molecule has 0 aliphatic heterocycles. The Labute approximate surface area is 117 Å².